The van der Waals surface area contributed by atoms with Crippen LogP contribution in [-0.2, 0) is 11.2 Å². The summed E-state index contributed by atoms with van der Waals surface area (Å²) in [6.45, 7) is 2.23. The minimum absolute atomic E-state index is 0.0411. The second-order valence-corrected chi connectivity index (χ2v) is 14.8. The summed E-state index contributed by atoms with van der Waals surface area (Å²) >= 11 is 0. The Morgan fingerprint density at radius 3 is 2.15 bits per heavy atom. The van der Waals surface area contributed by atoms with Gasteiger partial charge in [-0.3, -0.25) is 4.79 Å². The van der Waals surface area contributed by atoms with E-state index < -0.39 is 55.1 Å². The summed E-state index contributed by atoms with van der Waals surface area (Å²) in [7, 11) is 0. The molecule has 2 saturated carbocycles. The quantitative estimate of drug-likeness (QED) is 0.118. The van der Waals surface area contributed by atoms with Crippen LogP contribution in [0.2, 0.25) is 0 Å². The summed E-state index contributed by atoms with van der Waals surface area (Å²) in [6, 6.07) is 5.71. The topological polar surface area (TPSA) is 77.8 Å². The molecule has 2 fully saturated rings. The number of alkyl halides is 9. The molecule has 0 aliphatic heterocycles. The number of carboxylic acids is 1. The van der Waals surface area contributed by atoms with Crippen molar-refractivity contribution in [3.8, 4) is 5.75 Å². The first-order valence-electron chi connectivity index (χ1n) is 17.2. The minimum atomic E-state index is -6.94. The average molecular weight is 703 g/mol. The molecule has 0 unspecified atom stereocenters. The van der Waals surface area contributed by atoms with Gasteiger partial charge in [-0.15, -0.1) is 0 Å². The molecule has 0 radical (unpaired) electrons. The zero-order valence-corrected chi connectivity index (χ0v) is 27.2. The van der Waals surface area contributed by atoms with Gasteiger partial charge in [0.05, 0.1) is 12.0 Å². The Hall–Kier alpha value is -2.18. The lowest BCUT2D eigenvalue weighted by atomic mass is 9.52. The van der Waals surface area contributed by atoms with E-state index in [1.165, 1.54) is 11.1 Å². The molecule has 4 nitrogen and oxygen atoms in total. The average Bonchev–Trinajstić information content (AvgIpc) is 3.29. The van der Waals surface area contributed by atoms with Crippen LogP contribution in [0.5, 0.6) is 5.75 Å². The molecule has 3 aliphatic carbocycles. The third-order valence-corrected chi connectivity index (χ3v) is 11.8. The van der Waals surface area contributed by atoms with Crippen LogP contribution in [0.4, 0.5) is 39.5 Å². The summed E-state index contributed by atoms with van der Waals surface area (Å²) in [5, 5.41) is 30.4. The van der Waals surface area contributed by atoms with Crippen LogP contribution >= 0.6 is 0 Å². The van der Waals surface area contributed by atoms with Gasteiger partial charge < -0.3 is 15.3 Å². The molecular weight excluding hydrogens is 655 g/mol. The molecule has 3 aliphatic rings. The molecule has 13 heteroatoms. The second kappa shape index (κ2) is 14.6. The van der Waals surface area contributed by atoms with Crippen LogP contribution in [0.1, 0.15) is 120 Å². The van der Waals surface area contributed by atoms with E-state index in [9.17, 15) is 59.6 Å². The SMILES string of the molecule is C[C@]12CC[C@@H]3c4ccc(O)cc4C[C@@H](CCCCCCCC[C@H](CCCC(F)(F)C(F)(F)C(F)(F)C(F)(F)F)C(=O)O)[C@H]3[C@@H]1CC[C@@H]2O. The summed E-state index contributed by atoms with van der Waals surface area (Å²) in [5.41, 5.74) is 2.45. The Balaban J connectivity index is 1.20. The third-order valence-electron chi connectivity index (χ3n) is 11.8. The molecule has 7 atom stereocenters. The van der Waals surface area contributed by atoms with Crippen LogP contribution in [0.25, 0.3) is 0 Å². The summed E-state index contributed by atoms with van der Waals surface area (Å²) in [4.78, 5) is 11.6. The first-order valence-corrected chi connectivity index (χ1v) is 17.2. The molecule has 4 rings (SSSR count). The van der Waals surface area contributed by atoms with Crippen molar-refractivity contribution in [1.82, 2.24) is 0 Å². The van der Waals surface area contributed by atoms with Crippen molar-refractivity contribution >= 4 is 5.97 Å². The van der Waals surface area contributed by atoms with E-state index in [4.69, 9.17) is 0 Å². The van der Waals surface area contributed by atoms with Crippen molar-refractivity contribution in [3.63, 3.8) is 0 Å². The van der Waals surface area contributed by atoms with E-state index in [-0.39, 0.29) is 23.7 Å². The highest BCUT2D eigenvalue weighted by Gasteiger charge is 2.81. The maximum atomic E-state index is 13.8. The number of carbonyl (C=O) groups is 1. The van der Waals surface area contributed by atoms with Crippen molar-refractivity contribution in [2.75, 3.05) is 0 Å². The summed E-state index contributed by atoms with van der Waals surface area (Å²) in [5.74, 6) is -19.9. The smallest absolute Gasteiger partial charge is 0.460 e. The fraction of sp³-hybridized carbons (Fsp3) is 0.800. The molecule has 1 aromatic carbocycles. The molecule has 0 heterocycles. The number of aliphatic carboxylic acids is 1. The number of hydrogen-bond donors (Lipinski definition) is 3. The van der Waals surface area contributed by atoms with E-state index in [1.807, 2.05) is 6.07 Å². The number of carboxylic acid groups (broad SMARTS) is 1. The maximum Gasteiger partial charge on any atom is 0.460 e. The third kappa shape index (κ3) is 7.60. The molecule has 1 aromatic rings. The zero-order valence-electron chi connectivity index (χ0n) is 27.2. The molecule has 3 N–H and O–H groups in total. The Morgan fingerprint density at radius 1 is 0.875 bits per heavy atom. The Labute approximate surface area is 275 Å². The van der Waals surface area contributed by atoms with Crippen LogP contribution in [0.15, 0.2) is 18.2 Å². The van der Waals surface area contributed by atoms with Crippen molar-refractivity contribution in [1.29, 1.82) is 0 Å². The summed E-state index contributed by atoms with van der Waals surface area (Å²) < 4.78 is 118. The van der Waals surface area contributed by atoms with Gasteiger partial charge in [0.2, 0.25) is 0 Å². The van der Waals surface area contributed by atoms with E-state index in [1.54, 1.807) is 6.07 Å². The lowest BCUT2D eigenvalue weighted by Gasteiger charge is -2.53. The number of halogens is 9. The van der Waals surface area contributed by atoms with Gasteiger partial charge in [0.1, 0.15) is 5.75 Å². The number of rotatable bonds is 16. The first kappa shape index (κ1) is 38.6. The zero-order chi connectivity index (χ0) is 35.7. The number of phenolic OH excluding ortho intramolecular Hbond substituents is 1. The van der Waals surface area contributed by atoms with Gasteiger partial charge in [-0.1, -0.05) is 51.5 Å². The molecule has 0 amide bonds. The van der Waals surface area contributed by atoms with Crippen molar-refractivity contribution < 1.29 is 59.6 Å². The predicted molar refractivity (Wildman–Crippen MR) is 160 cm³/mol. The fourth-order valence-electron chi connectivity index (χ4n) is 9.06. The van der Waals surface area contributed by atoms with Crippen molar-refractivity contribution in [2.24, 2.45) is 29.1 Å². The Bertz CT molecular complexity index is 1250. The standard InChI is InChI=1S/C35H47F9O4/c1-31-18-16-26-25-13-12-24(45)20-23(25)19-22(29(26)27(31)14-15-28(31)46)10-7-5-3-2-4-6-9-21(30(47)48)11-8-17-32(36,37)33(38,39)34(40,41)35(42,43)44/h12-13,20-22,26-29,45-46H,2-11,14-19H2,1H3,(H,47,48)/t21-,22-,26-,27+,28+,29-,31+/m1/s1. The van der Waals surface area contributed by atoms with Gasteiger partial charge in [-0.2, -0.15) is 39.5 Å². The minimum Gasteiger partial charge on any atom is -0.508 e. The maximum absolute atomic E-state index is 13.8. The molecular formula is C35H47F9O4. The highest BCUT2D eigenvalue weighted by atomic mass is 19.4. The van der Waals surface area contributed by atoms with Gasteiger partial charge in [-0.25, -0.2) is 0 Å². The normalized spacial score (nSPS) is 28.4. The molecule has 274 valence electrons. The van der Waals surface area contributed by atoms with Crippen molar-refractivity contribution in [3.05, 3.63) is 29.3 Å². The van der Waals surface area contributed by atoms with Crippen molar-refractivity contribution in [2.45, 2.75) is 146 Å². The number of aromatic hydroxyl groups is 1. The number of fused-ring (bicyclic) bond motifs is 5. The van der Waals surface area contributed by atoms with Gasteiger partial charge >= 0.3 is 29.9 Å². The lowest BCUT2D eigenvalue weighted by Crippen LogP contribution is -2.60. The highest BCUT2D eigenvalue weighted by molar-refractivity contribution is 5.69. The second-order valence-electron chi connectivity index (χ2n) is 14.8. The molecule has 0 spiro atoms. The highest BCUT2D eigenvalue weighted by Crippen LogP contribution is 2.63. The van der Waals surface area contributed by atoms with E-state index in [0.29, 0.717) is 36.5 Å². The van der Waals surface area contributed by atoms with E-state index in [0.717, 1.165) is 64.2 Å². The monoisotopic (exact) mass is 702 g/mol. The van der Waals surface area contributed by atoms with Crippen LogP contribution < -0.4 is 0 Å². The van der Waals surface area contributed by atoms with E-state index >= 15 is 0 Å². The number of hydrogen-bond acceptors (Lipinski definition) is 3. The van der Waals surface area contributed by atoms with Gasteiger partial charge in [0.25, 0.3) is 0 Å². The summed E-state index contributed by atoms with van der Waals surface area (Å²) in [6.07, 6.45) is -0.270. The largest absolute Gasteiger partial charge is 0.508 e. The number of phenols is 1. The van der Waals surface area contributed by atoms with Crippen LogP contribution in [0.3, 0.4) is 0 Å². The number of benzene rings is 1. The van der Waals surface area contributed by atoms with Crippen LogP contribution in [-0.4, -0.2) is 51.3 Å². The molecule has 48 heavy (non-hydrogen) atoms. The van der Waals surface area contributed by atoms with Crippen LogP contribution in [0, 0.1) is 29.1 Å². The van der Waals surface area contributed by atoms with Gasteiger partial charge in [-0.05, 0) is 110 Å². The van der Waals surface area contributed by atoms with E-state index in [2.05, 4.69) is 13.0 Å². The lowest BCUT2D eigenvalue weighted by molar-refractivity contribution is -0.396. The first-order chi connectivity index (χ1) is 22.2. The molecule has 0 saturated heterocycles. The molecule has 0 aromatic heterocycles. The Morgan fingerprint density at radius 2 is 1.50 bits per heavy atom. The number of unbranched alkanes of at least 4 members (excludes halogenated alkanes) is 5. The number of aliphatic hydroxyl groups is 1. The molecule has 0 bridgehead atoms. The van der Waals surface area contributed by atoms with Gasteiger partial charge in [0, 0.05) is 6.42 Å². The van der Waals surface area contributed by atoms with Gasteiger partial charge in [0.15, 0.2) is 0 Å². The Kier molecular flexibility index (Phi) is 11.7. The fourth-order valence-corrected chi connectivity index (χ4v) is 9.06. The number of aliphatic hydroxyl groups excluding tert-OH is 1. The predicted octanol–water partition coefficient (Wildman–Crippen LogP) is 10.3.